The van der Waals surface area contributed by atoms with Crippen molar-refractivity contribution >= 4 is 0 Å². The van der Waals surface area contributed by atoms with Crippen LogP contribution in [-0.4, -0.2) is 23.1 Å². The Balaban J connectivity index is 2.81. The fourth-order valence-corrected chi connectivity index (χ4v) is 0.890. The predicted molar refractivity (Wildman–Crippen MR) is 45.9 cm³/mol. The van der Waals surface area contributed by atoms with E-state index >= 15 is 0 Å². The normalized spacial score (nSPS) is 10.1. The van der Waals surface area contributed by atoms with Crippen LogP contribution in [0.2, 0.25) is 0 Å². The number of hydrogen-bond donors (Lipinski definition) is 1. The van der Waals surface area contributed by atoms with Gasteiger partial charge in [0.05, 0.1) is 5.69 Å². The highest BCUT2D eigenvalue weighted by Gasteiger charge is 2.09. The van der Waals surface area contributed by atoms with Crippen LogP contribution in [0.3, 0.4) is 0 Å². The van der Waals surface area contributed by atoms with Gasteiger partial charge in [-0.15, -0.1) is 0 Å². The first kappa shape index (κ1) is 9.85. The van der Waals surface area contributed by atoms with Crippen molar-refractivity contribution < 1.29 is 9.13 Å². The number of nitrogens with two attached hydrogens (primary N) is 1. The second-order valence-corrected chi connectivity index (χ2v) is 2.43. The summed E-state index contributed by atoms with van der Waals surface area (Å²) in [5.74, 6) is -0.504. The van der Waals surface area contributed by atoms with Gasteiger partial charge in [-0.1, -0.05) is 6.92 Å². The molecule has 0 radical (unpaired) electrons. The maximum atomic E-state index is 13.3. The summed E-state index contributed by atoms with van der Waals surface area (Å²) in [4.78, 5) is 7.43. The molecule has 0 aromatic carbocycles. The summed E-state index contributed by atoms with van der Waals surface area (Å²) in [5.41, 5.74) is 5.57. The molecule has 0 aliphatic heterocycles. The number of halogens is 1. The van der Waals surface area contributed by atoms with Crippen LogP contribution in [0, 0.1) is 5.82 Å². The van der Waals surface area contributed by atoms with Gasteiger partial charge in [-0.05, 0) is 6.42 Å². The lowest BCUT2D eigenvalue weighted by Gasteiger charge is -2.05. The fraction of sp³-hybridized carbons (Fsp3) is 0.500. The first-order valence-electron chi connectivity index (χ1n) is 4.11. The predicted octanol–water partition coefficient (Wildman–Crippen LogP) is 0.516. The zero-order valence-electron chi connectivity index (χ0n) is 7.46. The summed E-state index contributed by atoms with van der Waals surface area (Å²) >= 11 is 0. The molecule has 13 heavy (non-hydrogen) atoms. The summed E-state index contributed by atoms with van der Waals surface area (Å²) in [7, 11) is 0. The number of rotatable bonds is 4. The standard InChI is InChI=1S/C8H12FN3O/c1-2-6-7(9)8(12-5-11-6)13-4-3-10/h5H,2-4,10H2,1H3. The van der Waals surface area contributed by atoms with Crippen molar-refractivity contribution in [2.75, 3.05) is 13.2 Å². The SMILES string of the molecule is CCc1ncnc(OCCN)c1F. The molecule has 0 aliphatic rings. The molecule has 0 aliphatic carbocycles. The first-order valence-corrected chi connectivity index (χ1v) is 4.11. The highest BCUT2D eigenvalue weighted by molar-refractivity contribution is 5.16. The third kappa shape index (κ3) is 2.35. The summed E-state index contributed by atoms with van der Waals surface area (Å²) in [6.45, 7) is 2.42. The quantitative estimate of drug-likeness (QED) is 0.742. The molecule has 72 valence electrons. The van der Waals surface area contributed by atoms with Gasteiger partial charge in [0.2, 0.25) is 5.82 Å². The lowest BCUT2D eigenvalue weighted by molar-refractivity contribution is 0.295. The van der Waals surface area contributed by atoms with Crippen LogP contribution >= 0.6 is 0 Å². The van der Waals surface area contributed by atoms with E-state index in [4.69, 9.17) is 10.5 Å². The van der Waals surface area contributed by atoms with Crippen molar-refractivity contribution in [3.63, 3.8) is 0 Å². The minimum absolute atomic E-state index is 0.0164. The zero-order valence-corrected chi connectivity index (χ0v) is 7.46. The molecule has 1 aromatic rings. The number of aryl methyl sites for hydroxylation is 1. The Morgan fingerprint density at radius 3 is 2.92 bits per heavy atom. The fourth-order valence-electron chi connectivity index (χ4n) is 0.890. The molecule has 0 amide bonds. The Kier molecular flexibility index (Phi) is 3.57. The van der Waals surface area contributed by atoms with Crippen molar-refractivity contribution in [1.29, 1.82) is 0 Å². The summed E-state index contributed by atoms with van der Waals surface area (Å²) in [6, 6.07) is 0. The molecule has 0 bridgehead atoms. The van der Waals surface area contributed by atoms with Crippen molar-refractivity contribution in [3.8, 4) is 5.88 Å². The summed E-state index contributed by atoms with van der Waals surface area (Å²) in [5, 5.41) is 0. The van der Waals surface area contributed by atoms with E-state index in [1.165, 1.54) is 6.33 Å². The number of aromatic nitrogens is 2. The number of nitrogens with zero attached hydrogens (tertiary/aromatic N) is 2. The molecule has 1 rings (SSSR count). The van der Waals surface area contributed by atoms with E-state index < -0.39 is 5.82 Å². The van der Waals surface area contributed by atoms with Crippen LogP contribution < -0.4 is 10.5 Å². The van der Waals surface area contributed by atoms with Crippen LogP contribution in [-0.2, 0) is 6.42 Å². The molecular formula is C8H12FN3O. The molecule has 0 fully saturated rings. The Morgan fingerprint density at radius 2 is 2.31 bits per heavy atom. The van der Waals surface area contributed by atoms with Crippen LogP contribution in [0.1, 0.15) is 12.6 Å². The molecule has 5 heteroatoms. The Bertz CT molecular complexity index is 280. The van der Waals surface area contributed by atoms with Gasteiger partial charge in [-0.3, -0.25) is 0 Å². The van der Waals surface area contributed by atoms with Crippen molar-refractivity contribution in [1.82, 2.24) is 9.97 Å². The van der Waals surface area contributed by atoms with Crippen LogP contribution in [0.5, 0.6) is 5.88 Å². The van der Waals surface area contributed by atoms with E-state index in [9.17, 15) is 4.39 Å². The largest absolute Gasteiger partial charge is 0.474 e. The van der Waals surface area contributed by atoms with Crippen LogP contribution in [0.25, 0.3) is 0 Å². The highest BCUT2D eigenvalue weighted by Crippen LogP contribution is 2.14. The smallest absolute Gasteiger partial charge is 0.253 e. The number of hydrogen-bond acceptors (Lipinski definition) is 4. The average Bonchev–Trinajstić information content (AvgIpc) is 2.16. The third-order valence-corrected chi connectivity index (χ3v) is 1.52. The minimum Gasteiger partial charge on any atom is -0.474 e. The van der Waals surface area contributed by atoms with Gasteiger partial charge >= 0.3 is 0 Å². The average molecular weight is 185 g/mol. The lowest BCUT2D eigenvalue weighted by atomic mass is 10.3. The van der Waals surface area contributed by atoms with E-state index in [1.807, 2.05) is 6.92 Å². The Labute approximate surface area is 75.9 Å². The monoisotopic (exact) mass is 185 g/mol. The van der Waals surface area contributed by atoms with Crippen molar-refractivity contribution in [2.24, 2.45) is 5.73 Å². The Morgan fingerprint density at radius 1 is 1.54 bits per heavy atom. The lowest BCUT2D eigenvalue weighted by Crippen LogP contribution is -2.13. The van der Waals surface area contributed by atoms with E-state index in [0.717, 1.165) is 0 Å². The molecule has 0 unspecified atom stereocenters. The molecule has 0 spiro atoms. The summed E-state index contributed by atoms with van der Waals surface area (Å²) in [6.07, 6.45) is 1.81. The third-order valence-electron chi connectivity index (χ3n) is 1.52. The highest BCUT2D eigenvalue weighted by atomic mass is 19.1. The van der Waals surface area contributed by atoms with Gasteiger partial charge < -0.3 is 10.5 Å². The molecule has 2 N–H and O–H groups in total. The summed E-state index contributed by atoms with van der Waals surface area (Å²) < 4.78 is 18.3. The maximum absolute atomic E-state index is 13.3. The molecule has 1 aromatic heterocycles. The molecular weight excluding hydrogens is 173 g/mol. The van der Waals surface area contributed by atoms with E-state index in [-0.39, 0.29) is 12.5 Å². The zero-order chi connectivity index (χ0) is 9.68. The Hall–Kier alpha value is -1.23. The van der Waals surface area contributed by atoms with Gasteiger partial charge in [0, 0.05) is 6.54 Å². The van der Waals surface area contributed by atoms with E-state index in [0.29, 0.717) is 18.7 Å². The van der Waals surface area contributed by atoms with E-state index in [2.05, 4.69) is 9.97 Å². The molecule has 0 saturated heterocycles. The van der Waals surface area contributed by atoms with Gasteiger partial charge in [0.25, 0.3) is 5.88 Å². The molecule has 0 saturated carbocycles. The van der Waals surface area contributed by atoms with Crippen molar-refractivity contribution in [2.45, 2.75) is 13.3 Å². The number of ether oxygens (including phenoxy) is 1. The second kappa shape index (κ2) is 4.71. The second-order valence-electron chi connectivity index (χ2n) is 2.43. The van der Waals surface area contributed by atoms with Gasteiger partial charge in [0.1, 0.15) is 12.9 Å². The molecule has 4 nitrogen and oxygen atoms in total. The first-order chi connectivity index (χ1) is 6.29. The van der Waals surface area contributed by atoms with Gasteiger partial charge in [0.15, 0.2) is 0 Å². The topological polar surface area (TPSA) is 61.0 Å². The van der Waals surface area contributed by atoms with Gasteiger partial charge in [-0.2, -0.15) is 9.37 Å². The maximum Gasteiger partial charge on any atom is 0.253 e. The van der Waals surface area contributed by atoms with Gasteiger partial charge in [-0.25, -0.2) is 4.98 Å². The minimum atomic E-state index is -0.488. The molecule has 1 heterocycles. The van der Waals surface area contributed by atoms with E-state index in [1.54, 1.807) is 0 Å². The van der Waals surface area contributed by atoms with Crippen LogP contribution in [0.15, 0.2) is 6.33 Å². The molecule has 0 atom stereocenters. The van der Waals surface area contributed by atoms with Crippen molar-refractivity contribution in [3.05, 3.63) is 17.8 Å². The van der Waals surface area contributed by atoms with Crippen LogP contribution in [0.4, 0.5) is 4.39 Å².